The fourth-order valence-electron chi connectivity index (χ4n) is 3.31. The molecule has 1 aromatic heterocycles. The first-order chi connectivity index (χ1) is 11.8. The molecule has 2 aromatic rings. The van der Waals surface area contributed by atoms with E-state index in [1.165, 1.54) is 0 Å². The van der Waals surface area contributed by atoms with Crippen LogP contribution in [0.2, 0.25) is 0 Å². The molecule has 1 amide bonds. The van der Waals surface area contributed by atoms with E-state index in [-0.39, 0.29) is 12.0 Å². The number of aromatic nitrogens is 2. The van der Waals surface area contributed by atoms with Gasteiger partial charge < -0.3 is 14.4 Å². The van der Waals surface area contributed by atoms with Gasteiger partial charge in [0.15, 0.2) is 0 Å². The zero-order valence-corrected chi connectivity index (χ0v) is 13.6. The summed E-state index contributed by atoms with van der Waals surface area (Å²) in [6.45, 7) is 3.35. The molecule has 6 nitrogen and oxygen atoms in total. The molecule has 2 aliphatic heterocycles. The molecule has 24 heavy (non-hydrogen) atoms. The number of hydrogen-bond donors (Lipinski definition) is 0. The Kier molecular flexibility index (Phi) is 4.21. The number of carbonyl (C=O) groups excluding carboxylic acids is 1. The van der Waals surface area contributed by atoms with Crippen LogP contribution in [0.4, 0.5) is 0 Å². The molecule has 0 spiro atoms. The summed E-state index contributed by atoms with van der Waals surface area (Å²) in [7, 11) is 0. The molecule has 0 saturated carbocycles. The largest absolute Gasteiger partial charge is 0.493 e. The predicted octanol–water partition coefficient (Wildman–Crippen LogP) is 1.75. The predicted molar refractivity (Wildman–Crippen MR) is 88.1 cm³/mol. The van der Waals surface area contributed by atoms with Crippen LogP contribution < -0.4 is 4.74 Å². The highest BCUT2D eigenvalue weighted by Gasteiger charge is 2.25. The number of nitrogens with zero attached hydrogens (tertiary/aromatic N) is 3. The third-order valence-electron chi connectivity index (χ3n) is 4.52. The first-order valence-corrected chi connectivity index (χ1v) is 8.43. The summed E-state index contributed by atoms with van der Waals surface area (Å²) >= 11 is 0. The fourth-order valence-corrected chi connectivity index (χ4v) is 3.31. The molecule has 3 heterocycles. The van der Waals surface area contributed by atoms with Crippen molar-refractivity contribution < 1.29 is 14.3 Å². The summed E-state index contributed by atoms with van der Waals surface area (Å²) in [5, 5.41) is 4.23. The van der Waals surface area contributed by atoms with E-state index in [4.69, 9.17) is 9.47 Å². The van der Waals surface area contributed by atoms with E-state index < -0.39 is 0 Å². The number of carbonyl (C=O) groups is 1. The Balaban J connectivity index is 1.48. The van der Waals surface area contributed by atoms with E-state index >= 15 is 0 Å². The number of hydrogen-bond acceptors (Lipinski definition) is 4. The van der Waals surface area contributed by atoms with Gasteiger partial charge in [-0.3, -0.25) is 9.48 Å². The van der Waals surface area contributed by atoms with Crippen LogP contribution in [0.15, 0.2) is 36.7 Å². The molecule has 1 fully saturated rings. The highest BCUT2D eigenvalue weighted by molar-refractivity contribution is 5.94. The second-order valence-electron chi connectivity index (χ2n) is 6.25. The third kappa shape index (κ3) is 3.14. The van der Waals surface area contributed by atoms with Crippen molar-refractivity contribution in [1.82, 2.24) is 14.7 Å². The molecular formula is C18H21N3O3. The maximum Gasteiger partial charge on any atom is 0.253 e. The van der Waals surface area contributed by atoms with E-state index in [2.05, 4.69) is 5.10 Å². The average molecular weight is 327 g/mol. The SMILES string of the molecule is O=C(c1ccc2c(c1)CCO2)N1CCCO[C@H](Cn2cccn2)C1. The molecule has 0 bridgehead atoms. The second kappa shape index (κ2) is 6.65. The quantitative estimate of drug-likeness (QED) is 0.862. The highest BCUT2D eigenvalue weighted by atomic mass is 16.5. The first-order valence-electron chi connectivity index (χ1n) is 8.43. The van der Waals surface area contributed by atoms with Gasteiger partial charge in [-0.25, -0.2) is 0 Å². The van der Waals surface area contributed by atoms with Crippen molar-refractivity contribution in [2.45, 2.75) is 25.5 Å². The van der Waals surface area contributed by atoms with Gasteiger partial charge in [0, 0.05) is 44.1 Å². The Morgan fingerprint density at radius 1 is 1.33 bits per heavy atom. The Hall–Kier alpha value is -2.34. The van der Waals surface area contributed by atoms with Gasteiger partial charge in [0.25, 0.3) is 5.91 Å². The molecule has 0 unspecified atom stereocenters. The number of ether oxygens (including phenoxy) is 2. The summed E-state index contributed by atoms with van der Waals surface area (Å²) in [6, 6.07) is 7.64. The van der Waals surface area contributed by atoms with E-state index in [1.54, 1.807) is 6.20 Å². The van der Waals surface area contributed by atoms with Gasteiger partial charge in [0.2, 0.25) is 0 Å². The Labute approximate surface area is 141 Å². The van der Waals surface area contributed by atoms with Crippen molar-refractivity contribution in [2.75, 3.05) is 26.3 Å². The number of fused-ring (bicyclic) bond motifs is 1. The number of amides is 1. The van der Waals surface area contributed by atoms with Gasteiger partial charge in [0.1, 0.15) is 5.75 Å². The minimum Gasteiger partial charge on any atom is -0.493 e. The Bertz CT molecular complexity index is 714. The first kappa shape index (κ1) is 15.2. The van der Waals surface area contributed by atoms with Crippen molar-refractivity contribution in [1.29, 1.82) is 0 Å². The Morgan fingerprint density at radius 3 is 3.17 bits per heavy atom. The van der Waals surface area contributed by atoms with Crippen LogP contribution in [0.25, 0.3) is 0 Å². The van der Waals surface area contributed by atoms with Crippen molar-refractivity contribution in [3.05, 3.63) is 47.8 Å². The minimum absolute atomic E-state index is 0.0332. The lowest BCUT2D eigenvalue weighted by molar-refractivity contribution is 0.0367. The van der Waals surface area contributed by atoms with Gasteiger partial charge in [-0.2, -0.15) is 5.10 Å². The number of benzene rings is 1. The van der Waals surface area contributed by atoms with Gasteiger partial charge in [-0.15, -0.1) is 0 Å². The van der Waals surface area contributed by atoms with Gasteiger partial charge >= 0.3 is 0 Å². The zero-order chi connectivity index (χ0) is 16.4. The molecule has 1 saturated heterocycles. The van der Waals surface area contributed by atoms with Crippen molar-refractivity contribution >= 4 is 5.91 Å². The lowest BCUT2D eigenvalue weighted by Gasteiger charge is -2.24. The monoisotopic (exact) mass is 327 g/mol. The van der Waals surface area contributed by atoms with E-state index in [0.29, 0.717) is 26.3 Å². The fraction of sp³-hybridized carbons (Fsp3) is 0.444. The molecule has 4 rings (SSSR count). The third-order valence-corrected chi connectivity index (χ3v) is 4.52. The maximum absolute atomic E-state index is 12.9. The van der Waals surface area contributed by atoms with Crippen molar-refractivity contribution in [3.8, 4) is 5.75 Å². The lowest BCUT2D eigenvalue weighted by Crippen LogP contribution is -2.38. The molecule has 1 aromatic carbocycles. The Morgan fingerprint density at radius 2 is 2.29 bits per heavy atom. The van der Waals surface area contributed by atoms with Crippen LogP contribution in [0.3, 0.4) is 0 Å². The molecule has 0 N–H and O–H groups in total. The maximum atomic E-state index is 12.9. The molecule has 6 heteroatoms. The van der Waals surface area contributed by atoms with Crippen LogP contribution in [0.1, 0.15) is 22.3 Å². The van der Waals surface area contributed by atoms with Gasteiger partial charge in [0.05, 0.1) is 19.3 Å². The van der Waals surface area contributed by atoms with Gasteiger partial charge in [-0.05, 0) is 36.2 Å². The molecule has 2 aliphatic rings. The zero-order valence-electron chi connectivity index (χ0n) is 13.6. The number of rotatable bonds is 3. The average Bonchev–Trinajstić information content (AvgIpc) is 3.22. The van der Waals surface area contributed by atoms with E-state index in [9.17, 15) is 4.79 Å². The molecule has 0 aliphatic carbocycles. The summed E-state index contributed by atoms with van der Waals surface area (Å²) < 4.78 is 13.3. The minimum atomic E-state index is -0.0332. The smallest absolute Gasteiger partial charge is 0.253 e. The summed E-state index contributed by atoms with van der Waals surface area (Å²) in [5.41, 5.74) is 1.86. The molecule has 0 radical (unpaired) electrons. The van der Waals surface area contributed by atoms with Crippen LogP contribution >= 0.6 is 0 Å². The van der Waals surface area contributed by atoms with Crippen LogP contribution in [-0.2, 0) is 17.7 Å². The molecular weight excluding hydrogens is 306 g/mol. The molecule has 1 atom stereocenters. The van der Waals surface area contributed by atoms with E-state index in [0.717, 1.165) is 36.3 Å². The van der Waals surface area contributed by atoms with Crippen LogP contribution in [0.5, 0.6) is 5.75 Å². The normalized spacial score (nSPS) is 20.3. The van der Waals surface area contributed by atoms with Crippen molar-refractivity contribution in [2.24, 2.45) is 0 Å². The summed E-state index contributed by atoms with van der Waals surface area (Å²) in [4.78, 5) is 14.8. The van der Waals surface area contributed by atoms with E-state index in [1.807, 2.05) is 40.0 Å². The highest BCUT2D eigenvalue weighted by Crippen LogP contribution is 2.26. The van der Waals surface area contributed by atoms with Gasteiger partial charge in [-0.1, -0.05) is 0 Å². The lowest BCUT2D eigenvalue weighted by atomic mass is 10.1. The standard InChI is InChI=1S/C18H21N3O3/c22-18(15-3-4-17-14(11-15)5-10-24-17)20-7-2-9-23-16(12-20)13-21-8-1-6-19-21/h1,3-4,6,8,11,16H,2,5,7,9-10,12-13H2/t16-/m0/s1. The van der Waals surface area contributed by atoms with Crippen LogP contribution in [0, 0.1) is 0 Å². The molecule has 126 valence electrons. The van der Waals surface area contributed by atoms with Crippen molar-refractivity contribution in [3.63, 3.8) is 0 Å². The second-order valence-corrected chi connectivity index (χ2v) is 6.25. The van der Waals surface area contributed by atoms with Crippen LogP contribution in [-0.4, -0.2) is 53.0 Å². The summed E-state index contributed by atoms with van der Waals surface area (Å²) in [6.07, 6.45) is 5.37. The summed E-state index contributed by atoms with van der Waals surface area (Å²) in [5.74, 6) is 0.975. The topological polar surface area (TPSA) is 56.6 Å².